The summed E-state index contributed by atoms with van der Waals surface area (Å²) in [6, 6.07) is 23.2. The maximum absolute atomic E-state index is 4.62. The van der Waals surface area contributed by atoms with Crippen molar-refractivity contribution in [2.45, 2.75) is 6.54 Å². The fourth-order valence-electron chi connectivity index (χ4n) is 2.65. The highest BCUT2D eigenvalue weighted by Gasteiger charge is 2.02. The molecular weight excluding hydrogens is 348 g/mol. The highest BCUT2D eigenvalue weighted by molar-refractivity contribution is 5.77. The van der Waals surface area contributed by atoms with Gasteiger partial charge in [-0.2, -0.15) is 5.10 Å². The van der Waals surface area contributed by atoms with E-state index in [0.29, 0.717) is 6.54 Å². The number of pyridine rings is 4. The van der Waals surface area contributed by atoms with Gasteiger partial charge in [-0.25, -0.2) is 9.97 Å². The summed E-state index contributed by atoms with van der Waals surface area (Å²) in [5, 5.41) is 4.26. The smallest absolute Gasteiger partial charge is 0.0894 e. The molecule has 136 valence electrons. The Morgan fingerprint density at radius 2 is 1.32 bits per heavy atom. The van der Waals surface area contributed by atoms with Gasteiger partial charge in [0, 0.05) is 12.4 Å². The van der Waals surface area contributed by atoms with E-state index in [1.165, 1.54) is 0 Å². The molecule has 0 atom stereocenters. The average Bonchev–Trinajstić information content (AvgIpc) is 2.78. The Bertz CT molecular complexity index is 1060. The van der Waals surface area contributed by atoms with Gasteiger partial charge in [0.05, 0.1) is 46.9 Å². The van der Waals surface area contributed by atoms with Gasteiger partial charge in [-0.05, 0) is 48.5 Å². The monoisotopic (exact) mass is 366 g/mol. The maximum atomic E-state index is 4.62. The standard InChI is InChI=1S/C22H18N6/c1-3-13-23-19(9-1)21-11-5-7-17(27-21)15-25-26-16-18-8-6-12-22(28-18)20-10-2-4-14-24-20/h1-15,26H,16H2. The second kappa shape index (κ2) is 8.64. The summed E-state index contributed by atoms with van der Waals surface area (Å²) in [5.41, 5.74) is 8.00. The van der Waals surface area contributed by atoms with Crippen molar-refractivity contribution in [2.24, 2.45) is 5.10 Å². The SMILES string of the molecule is C(=NNCc1cccc(-c2ccccn2)n1)c1cccc(-c2ccccn2)n1. The number of hydrazone groups is 1. The number of nitrogens with zero attached hydrogens (tertiary/aromatic N) is 5. The Balaban J connectivity index is 1.40. The fourth-order valence-corrected chi connectivity index (χ4v) is 2.65. The first-order chi connectivity index (χ1) is 13.9. The average molecular weight is 366 g/mol. The summed E-state index contributed by atoms with van der Waals surface area (Å²) < 4.78 is 0. The normalized spacial score (nSPS) is 10.9. The maximum Gasteiger partial charge on any atom is 0.0894 e. The quantitative estimate of drug-likeness (QED) is 0.416. The van der Waals surface area contributed by atoms with Crippen LogP contribution in [0.5, 0.6) is 0 Å². The number of hydrogen-bond acceptors (Lipinski definition) is 6. The Morgan fingerprint density at radius 3 is 2.00 bits per heavy atom. The lowest BCUT2D eigenvalue weighted by Gasteiger charge is -2.04. The summed E-state index contributed by atoms with van der Waals surface area (Å²) in [6.07, 6.45) is 5.21. The van der Waals surface area contributed by atoms with Crippen LogP contribution in [0.15, 0.2) is 90.3 Å². The van der Waals surface area contributed by atoms with E-state index < -0.39 is 0 Å². The minimum absolute atomic E-state index is 0.511. The molecule has 0 amide bonds. The van der Waals surface area contributed by atoms with Crippen molar-refractivity contribution in [1.29, 1.82) is 0 Å². The van der Waals surface area contributed by atoms with Crippen LogP contribution in [0.4, 0.5) is 0 Å². The molecule has 0 aliphatic rings. The molecule has 4 heterocycles. The molecule has 0 saturated heterocycles. The van der Waals surface area contributed by atoms with Crippen molar-refractivity contribution in [3.63, 3.8) is 0 Å². The van der Waals surface area contributed by atoms with Crippen molar-refractivity contribution < 1.29 is 0 Å². The van der Waals surface area contributed by atoms with E-state index in [2.05, 4.69) is 30.5 Å². The van der Waals surface area contributed by atoms with Crippen LogP contribution in [0, 0.1) is 0 Å². The summed E-state index contributed by atoms with van der Waals surface area (Å²) in [4.78, 5) is 17.8. The lowest BCUT2D eigenvalue weighted by atomic mass is 10.2. The second-order valence-corrected chi connectivity index (χ2v) is 5.98. The largest absolute Gasteiger partial charge is 0.304 e. The first kappa shape index (κ1) is 17.5. The third-order valence-electron chi connectivity index (χ3n) is 3.98. The molecule has 6 heteroatoms. The zero-order valence-electron chi connectivity index (χ0n) is 15.1. The van der Waals surface area contributed by atoms with Gasteiger partial charge in [-0.1, -0.05) is 24.3 Å². The van der Waals surface area contributed by atoms with Crippen molar-refractivity contribution >= 4 is 6.21 Å². The number of aromatic nitrogens is 4. The molecule has 0 spiro atoms. The van der Waals surface area contributed by atoms with Crippen LogP contribution in [0.2, 0.25) is 0 Å². The van der Waals surface area contributed by atoms with Crippen molar-refractivity contribution in [3.05, 3.63) is 96.6 Å². The van der Waals surface area contributed by atoms with E-state index in [4.69, 9.17) is 0 Å². The number of hydrogen-bond donors (Lipinski definition) is 1. The number of rotatable bonds is 6. The molecule has 28 heavy (non-hydrogen) atoms. The Labute approximate surface area is 163 Å². The van der Waals surface area contributed by atoms with Gasteiger partial charge >= 0.3 is 0 Å². The van der Waals surface area contributed by atoms with Crippen LogP contribution in [-0.4, -0.2) is 26.2 Å². The molecule has 0 bridgehead atoms. The third-order valence-corrected chi connectivity index (χ3v) is 3.98. The fraction of sp³-hybridized carbons (Fsp3) is 0.0455. The minimum atomic E-state index is 0.511. The molecule has 0 unspecified atom stereocenters. The van der Waals surface area contributed by atoms with Gasteiger partial charge in [0.25, 0.3) is 0 Å². The van der Waals surface area contributed by atoms with E-state index in [1.807, 2.05) is 72.8 Å². The highest BCUT2D eigenvalue weighted by Crippen LogP contribution is 2.14. The minimum Gasteiger partial charge on any atom is -0.304 e. The summed E-state index contributed by atoms with van der Waals surface area (Å²) >= 11 is 0. The van der Waals surface area contributed by atoms with Gasteiger partial charge in [-0.15, -0.1) is 0 Å². The van der Waals surface area contributed by atoms with Crippen LogP contribution in [0.25, 0.3) is 22.8 Å². The predicted molar refractivity (Wildman–Crippen MR) is 109 cm³/mol. The molecule has 4 aromatic rings. The van der Waals surface area contributed by atoms with Crippen LogP contribution < -0.4 is 5.43 Å². The molecule has 0 fully saturated rings. The molecule has 0 aliphatic heterocycles. The van der Waals surface area contributed by atoms with E-state index in [1.54, 1.807) is 18.6 Å². The first-order valence-electron chi connectivity index (χ1n) is 8.90. The van der Waals surface area contributed by atoms with Crippen LogP contribution in [0.3, 0.4) is 0 Å². The molecule has 0 aromatic carbocycles. The summed E-state index contributed by atoms with van der Waals surface area (Å²) in [6.45, 7) is 0.511. The Hall–Kier alpha value is -3.93. The predicted octanol–water partition coefficient (Wildman–Crippen LogP) is 3.72. The second-order valence-electron chi connectivity index (χ2n) is 5.98. The lowest BCUT2D eigenvalue weighted by molar-refractivity contribution is 0.729. The van der Waals surface area contributed by atoms with Crippen molar-refractivity contribution in [2.75, 3.05) is 0 Å². The van der Waals surface area contributed by atoms with Gasteiger partial charge in [0.1, 0.15) is 0 Å². The summed E-state index contributed by atoms with van der Waals surface area (Å²) in [7, 11) is 0. The zero-order valence-corrected chi connectivity index (χ0v) is 15.1. The van der Waals surface area contributed by atoms with Gasteiger partial charge in [0.2, 0.25) is 0 Å². The van der Waals surface area contributed by atoms with Gasteiger partial charge in [0.15, 0.2) is 0 Å². The molecule has 4 rings (SSSR count). The number of nitrogens with one attached hydrogen (secondary N) is 1. The van der Waals surface area contributed by atoms with Crippen LogP contribution in [-0.2, 0) is 6.54 Å². The lowest BCUT2D eigenvalue weighted by Crippen LogP contribution is -2.08. The molecular formula is C22H18N6. The molecule has 0 saturated carbocycles. The topological polar surface area (TPSA) is 76.0 Å². The van der Waals surface area contributed by atoms with E-state index in [0.717, 1.165) is 34.2 Å². The Kier molecular flexibility index (Phi) is 5.39. The zero-order chi connectivity index (χ0) is 19.0. The molecule has 0 radical (unpaired) electrons. The molecule has 4 aromatic heterocycles. The summed E-state index contributed by atoms with van der Waals surface area (Å²) in [5.74, 6) is 0. The molecule has 1 N–H and O–H groups in total. The van der Waals surface area contributed by atoms with E-state index in [-0.39, 0.29) is 0 Å². The highest BCUT2D eigenvalue weighted by atomic mass is 15.3. The molecule has 6 nitrogen and oxygen atoms in total. The third kappa shape index (κ3) is 4.42. The van der Waals surface area contributed by atoms with E-state index >= 15 is 0 Å². The van der Waals surface area contributed by atoms with Crippen molar-refractivity contribution in [1.82, 2.24) is 25.4 Å². The molecule has 0 aliphatic carbocycles. The van der Waals surface area contributed by atoms with Gasteiger partial charge < -0.3 is 5.43 Å². The van der Waals surface area contributed by atoms with Crippen LogP contribution in [0.1, 0.15) is 11.4 Å². The Morgan fingerprint density at radius 1 is 0.679 bits per heavy atom. The van der Waals surface area contributed by atoms with Gasteiger partial charge in [-0.3, -0.25) is 9.97 Å². The van der Waals surface area contributed by atoms with Crippen molar-refractivity contribution in [3.8, 4) is 22.8 Å². The first-order valence-corrected chi connectivity index (χ1v) is 8.90. The van der Waals surface area contributed by atoms with Crippen LogP contribution >= 0.6 is 0 Å². The van der Waals surface area contributed by atoms with E-state index in [9.17, 15) is 0 Å².